The largest absolute Gasteiger partial charge is 0.497 e. The maximum atomic E-state index is 12.7. The molecule has 9 heteroatoms. The highest BCUT2D eigenvalue weighted by molar-refractivity contribution is 7.99. The van der Waals surface area contributed by atoms with Crippen LogP contribution in [-0.4, -0.2) is 57.7 Å². The van der Waals surface area contributed by atoms with E-state index in [9.17, 15) is 13.2 Å². The van der Waals surface area contributed by atoms with Gasteiger partial charge in [0.15, 0.2) is 0 Å². The molecule has 2 aromatic carbocycles. The van der Waals surface area contributed by atoms with Crippen LogP contribution in [0.2, 0.25) is 0 Å². The summed E-state index contributed by atoms with van der Waals surface area (Å²) in [6, 6.07) is 14.3. The Kier molecular flexibility index (Phi) is 9.25. The molecular formula is C23H30N2O5S2. The van der Waals surface area contributed by atoms with Gasteiger partial charge in [-0.2, -0.15) is 4.31 Å². The van der Waals surface area contributed by atoms with E-state index in [0.717, 1.165) is 36.3 Å². The molecule has 2 aromatic rings. The quantitative estimate of drug-likeness (QED) is 0.499. The van der Waals surface area contributed by atoms with Gasteiger partial charge in [-0.15, -0.1) is 11.8 Å². The van der Waals surface area contributed by atoms with Crippen molar-refractivity contribution in [2.24, 2.45) is 0 Å². The first-order valence-corrected chi connectivity index (χ1v) is 13.3. The number of ether oxygens (including phenoxy) is 2. The minimum absolute atomic E-state index is 0.0462. The third-order valence-corrected chi connectivity index (χ3v) is 8.05. The van der Waals surface area contributed by atoms with E-state index in [1.165, 1.54) is 0 Å². The summed E-state index contributed by atoms with van der Waals surface area (Å²) < 4.78 is 37.6. The van der Waals surface area contributed by atoms with Gasteiger partial charge in [-0.25, -0.2) is 8.42 Å². The number of piperidine rings is 1. The van der Waals surface area contributed by atoms with Crippen molar-refractivity contribution >= 4 is 27.7 Å². The molecule has 1 amide bonds. The summed E-state index contributed by atoms with van der Waals surface area (Å²) in [4.78, 5) is 12.3. The van der Waals surface area contributed by atoms with Gasteiger partial charge in [-0.1, -0.05) is 18.6 Å². The van der Waals surface area contributed by atoms with Gasteiger partial charge in [-0.05, 0) is 54.8 Å². The second kappa shape index (κ2) is 12.1. The number of carbonyl (C=O) groups excluding carboxylic acids is 1. The number of nitrogens with zero attached hydrogens (tertiary/aromatic N) is 1. The molecule has 3 rings (SSSR count). The molecule has 174 valence electrons. The van der Waals surface area contributed by atoms with Crippen LogP contribution in [0.1, 0.15) is 24.8 Å². The van der Waals surface area contributed by atoms with Gasteiger partial charge < -0.3 is 14.8 Å². The summed E-state index contributed by atoms with van der Waals surface area (Å²) in [7, 11) is -1.80. The summed E-state index contributed by atoms with van der Waals surface area (Å²) in [6.07, 6.45) is 2.90. The number of thioether (sulfide) groups is 1. The molecule has 1 N–H and O–H groups in total. The number of methoxy groups -OCH3 is 1. The number of sulfonamides is 1. The molecular weight excluding hydrogens is 448 g/mol. The lowest BCUT2D eigenvalue weighted by atomic mass is 10.2. The van der Waals surface area contributed by atoms with E-state index in [0.29, 0.717) is 37.7 Å². The lowest BCUT2D eigenvalue weighted by Gasteiger charge is -2.25. The predicted molar refractivity (Wildman–Crippen MR) is 127 cm³/mol. The number of hydrogen-bond acceptors (Lipinski definition) is 6. The van der Waals surface area contributed by atoms with Crippen molar-refractivity contribution in [3.8, 4) is 11.5 Å². The van der Waals surface area contributed by atoms with E-state index in [2.05, 4.69) is 5.32 Å². The summed E-state index contributed by atoms with van der Waals surface area (Å²) >= 11 is 1.54. The van der Waals surface area contributed by atoms with Gasteiger partial charge in [0.05, 0.1) is 24.3 Å². The molecule has 1 fully saturated rings. The first-order chi connectivity index (χ1) is 15.5. The highest BCUT2D eigenvalue weighted by atomic mass is 32.2. The Morgan fingerprint density at radius 2 is 1.66 bits per heavy atom. The molecule has 0 aromatic heterocycles. The van der Waals surface area contributed by atoms with Crippen molar-refractivity contribution < 1.29 is 22.7 Å². The molecule has 1 heterocycles. The molecule has 1 aliphatic heterocycles. The number of hydrogen-bond donors (Lipinski definition) is 1. The van der Waals surface area contributed by atoms with Crippen LogP contribution in [0.3, 0.4) is 0 Å². The van der Waals surface area contributed by atoms with E-state index >= 15 is 0 Å². The summed E-state index contributed by atoms with van der Waals surface area (Å²) in [6.45, 7) is 1.86. The Morgan fingerprint density at radius 1 is 1.00 bits per heavy atom. The number of amides is 1. The van der Waals surface area contributed by atoms with Gasteiger partial charge in [0, 0.05) is 18.8 Å². The monoisotopic (exact) mass is 478 g/mol. The lowest BCUT2D eigenvalue weighted by molar-refractivity contribution is -0.118. The fourth-order valence-corrected chi connectivity index (χ4v) is 5.69. The van der Waals surface area contributed by atoms with E-state index in [-0.39, 0.29) is 10.8 Å². The number of rotatable bonds is 11. The maximum absolute atomic E-state index is 12.7. The predicted octanol–water partition coefficient (Wildman–Crippen LogP) is 3.30. The summed E-state index contributed by atoms with van der Waals surface area (Å²) in [5.41, 5.74) is 1.14. The Balaban J connectivity index is 1.34. The van der Waals surface area contributed by atoms with Gasteiger partial charge in [0.25, 0.3) is 0 Å². The summed E-state index contributed by atoms with van der Waals surface area (Å²) in [5, 5.41) is 2.83. The lowest BCUT2D eigenvalue weighted by Crippen LogP contribution is -2.35. The van der Waals surface area contributed by atoms with Crippen LogP contribution in [-0.2, 0) is 20.6 Å². The Labute approximate surface area is 194 Å². The summed E-state index contributed by atoms with van der Waals surface area (Å²) in [5.74, 6) is 2.46. The number of nitrogens with one attached hydrogen (secondary N) is 1. The molecule has 1 aliphatic rings. The Morgan fingerprint density at radius 3 is 2.31 bits per heavy atom. The van der Waals surface area contributed by atoms with E-state index in [1.54, 1.807) is 47.4 Å². The van der Waals surface area contributed by atoms with Gasteiger partial charge >= 0.3 is 0 Å². The van der Waals surface area contributed by atoms with Crippen LogP contribution in [0.25, 0.3) is 0 Å². The molecule has 32 heavy (non-hydrogen) atoms. The van der Waals surface area contributed by atoms with Crippen molar-refractivity contribution in [2.45, 2.75) is 29.9 Å². The molecule has 0 aliphatic carbocycles. The standard InChI is InChI=1S/C23H30N2O5S2/c1-29-20-7-5-19(6-8-20)17-31-18-23(26)24-13-16-30-21-9-11-22(12-10-21)32(27,28)25-14-3-2-4-15-25/h5-12H,2-4,13-18H2,1H3,(H,24,26). The maximum Gasteiger partial charge on any atom is 0.243 e. The average molecular weight is 479 g/mol. The highest BCUT2D eigenvalue weighted by Crippen LogP contribution is 2.22. The van der Waals surface area contributed by atoms with Crippen molar-refractivity contribution in [1.29, 1.82) is 0 Å². The van der Waals surface area contributed by atoms with Crippen LogP contribution in [0, 0.1) is 0 Å². The van der Waals surface area contributed by atoms with Gasteiger partial charge in [0.2, 0.25) is 15.9 Å². The minimum atomic E-state index is -3.44. The number of benzene rings is 2. The SMILES string of the molecule is COc1ccc(CSCC(=O)NCCOc2ccc(S(=O)(=O)N3CCCCC3)cc2)cc1. The van der Waals surface area contributed by atoms with Crippen LogP contribution in [0.4, 0.5) is 0 Å². The van der Waals surface area contributed by atoms with Crippen LogP contribution in [0.5, 0.6) is 11.5 Å². The zero-order valence-corrected chi connectivity index (χ0v) is 19.9. The van der Waals surface area contributed by atoms with Gasteiger partial charge in [-0.3, -0.25) is 4.79 Å². The van der Waals surface area contributed by atoms with Crippen LogP contribution < -0.4 is 14.8 Å². The van der Waals surface area contributed by atoms with Crippen molar-refractivity contribution in [1.82, 2.24) is 9.62 Å². The number of carbonyl (C=O) groups is 1. The van der Waals surface area contributed by atoms with Crippen molar-refractivity contribution in [2.75, 3.05) is 39.1 Å². The topological polar surface area (TPSA) is 84.9 Å². The zero-order valence-electron chi connectivity index (χ0n) is 18.3. The Hall–Kier alpha value is -2.23. The smallest absolute Gasteiger partial charge is 0.243 e. The molecule has 0 saturated carbocycles. The highest BCUT2D eigenvalue weighted by Gasteiger charge is 2.25. The molecule has 0 bridgehead atoms. The second-order valence-electron chi connectivity index (χ2n) is 7.48. The van der Waals surface area contributed by atoms with Crippen LogP contribution in [0.15, 0.2) is 53.4 Å². The average Bonchev–Trinajstić information content (AvgIpc) is 2.83. The third-order valence-electron chi connectivity index (χ3n) is 5.13. The third kappa shape index (κ3) is 7.15. The molecule has 0 atom stereocenters. The second-order valence-corrected chi connectivity index (χ2v) is 10.4. The fraction of sp³-hybridized carbons (Fsp3) is 0.435. The van der Waals surface area contributed by atoms with Gasteiger partial charge in [0.1, 0.15) is 18.1 Å². The van der Waals surface area contributed by atoms with E-state index < -0.39 is 10.0 Å². The molecule has 0 unspecified atom stereocenters. The Bertz CT molecular complexity index is 957. The molecule has 0 radical (unpaired) electrons. The van der Waals surface area contributed by atoms with Crippen molar-refractivity contribution in [3.05, 3.63) is 54.1 Å². The molecule has 0 spiro atoms. The zero-order chi connectivity index (χ0) is 22.8. The normalized spacial score (nSPS) is 14.7. The van der Waals surface area contributed by atoms with E-state index in [4.69, 9.17) is 9.47 Å². The molecule has 1 saturated heterocycles. The first kappa shape index (κ1) is 24.4. The minimum Gasteiger partial charge on any atom is -0.497 e. The first-order valence-electron chi connectivity index (χ1n) is 10.7. The van der Waals surface area contributed by atoms with Crippen LogP contribution >= 0.6 is 11.8 Å². The molecule has 7 nitrogen and oxygen atoms in total. The van der Waals surface area contributed by atoms with E-state index in [1.807, 2.05) is 24.3 Å². The fourth-order valence-electron chi connectivity index (χ4n) is 3.36. The van der Waals surface area contributed by atoms with Crippen molar-refractivity contribution in [3.63, 3.8) is 0 Å².